The molecule has 116 valence electrons. The van der Waals surface area contributed by atoms with Crippen molar-refractivity contribution >= 4 is 5.57 Å². The molecule has 0 N–H and O–H groups in total. The second-order valence-electron chi connectivity index (χ2n) is 5.38. The minimum Gasteiger partial charge on any atom is -0.454 e. The van der Waals surface area contributed by atoms with Crippen molar-refractivity contribution in [2.24, 2.45) is 0 Å². The molecular formula is C21H20O2. The van der Waals surface area contributed by atoms with Gasteiger partial charge in [-0.2, -0.15) is 0 Å². The molecule has 0 unspecified atom stereocenters. The molecule has 1 aliphatic rings. The molecule has 2 nitrogen and oxygen atoms in total. The Morgan fingerprint density at radius 2 is 1.91 bits per heavy atom. The van der Waals surface area contributed by atoms with E-state index in [1.807, 2.05) is 24.3 Å². The summed E-state index contributed by atoms with van der Waals surface area (Å²) in [7, 11) is 0. The van der Waals surface area contributed by atoms with Gasteiger partial charge in [0.1, 0.15) is 0 Å². The number of ether oxygens (including phenoxy) is 2. The summed E-state index contributed by atoms with van der Waals surface area (Å²) in [5.74, 6) is 8.22. The SMILES string of the molecule is CC/C=C(\C#CCCc1ccccc1)c1ccc2c(c1)OCO2. The molecule has 2 aromatic rings. The summed E-state index contributed by atoms with van der Waals surface area (Å²) in [5.41, 5.74) is 3.47. The molecule has 2 heteroatoms. The average molecular weight is 304 g/mol. The van der Waals surface area contributed by atoms with Gasteiger partial charge < -0.3 is 9.47 Å². The molecule has 0 aromatic heterocycles. The van der Waals surface area contributed by atoms with E-state index in [9.17, 15) is 0 Å². The fraction of sp³-hybridized carbons (Fsp3) is 0.238. The Hall–Kier alpha value is -2.66. The minimum atomic E-state index is 0.300. The molecule has 0 aliphatic carbocycles. The molecule has 0 atom stereocenters. The van der Waals surface area contributed by atoms with Gasteiger partial charge in [-0.15, -0.1) is 0 Å². The van der Waals surface area contributed by atoms with Crippen molar-refractivity contribution in [1.29, 1.82) is 0 Å². The summed E-state index contributed by atoms with van der Waals surface area (Å²) >= 11 is 0. The summed E-state index contributed by atoms with van der Waals surface area (Å²) < 4.78 is 10.8. The maximum absolute atomic E-state index is 5.45. The Labute approximate surface area is 137 Å². The second kappa shape index (κ2) is 7.56. The van der Waals surface area contributed by atoms with Crippen molar-refractivity contribution in [3.05, 3.63) is 65.7 Å². The van der Waals surface area contributed by atoms with Crippen molar-refractivity contribution in [1.82, 2.24) is 0 Å². The highest BCUT2D eigenvalue weighted by atomic mass is 16.7. The van der Waals surface area contributed by atoms with Crippen LogP contribution in [-0.2, 0) is 6.42 Å². The molecule has 0 spiro atoms. The van der Waals surface area contributed by atoms with Gasteiger partial charge in [-0.25, -0.2) is 0 Å². The van der Waals surface area contributed by atoms with Gasteiger partial charge in [0.25, 0.3) is 0 Å². The minimum absolute atomic E-state index is 0.300. The first-order valence-corrected chi connectivity index (χ1v) is 8.00. The number of hydrogen-bond donors (Lipinski definition) is 0. The van der Waals surface area contributed by atoms with Gasteiger partial charge in [-0.3, -0.25) is 0 Å². The molecule has 1 aliphatic heterocycles. The van der Waals surface area contributed by atoms with Crippen LogP contribution in [0.15, 0.2) is 54.6 Å². The van der Waals surface area contributed by atoms with Gasteiger partial charge >= 0.3 is 0 Å². The molecule has 3 rings (SSSR count). The molecule has 0 bridgehead atoms. The van der Waals surface area contributed by atoms with E-state index in [1.165, 1.54) is 5.56 Å². The fourth-order valence-electron chi connectivity index (χ4n) is 2.52. The summed E-state index contributed by atoms with van der Waals surface area (Å²) in [4.78, 5) is 0. The van der Waals surface area contributed by atoms with Crippen molar-refractivity contribution in [2.45, 2.75) is 26.2 Å². The van der Waals surface area contributed by atoms with Gasteiger partial charge in [0.05, 0.1) is 0 Å². The number of aryl methyl sites for hydroxylation is 1. The van der Waals surface area contributed by atoms with Crippen molar-refractivity contribution in [3.8, 4) is 23.3 Å². The number of rotatable bonds is 4. The smallest absolute Gasteiger partial charge is 0.231 e. The van der Waals surface area contributed by atoms with Crippen LogP contribution in [0.3, 0.4) is 0 Å². The lowest BCUT2D eigenvalue weighted by Crippen LogP contribution is -1.92. The van der Waals surface area contributed by atoms with Gasteiger partial charge in [-0.1, -0.05) is 55.2 Å². The number of fused-ring (bicyclic) bond motifs is 1. The molecule has 23 heavy (non-hydrogen) atoms. The van der Waals surface area contributed by atoms with E-state index < -0.39 is 0 Å². The molecule has 0 radical (unpaired) electrons. The third kappa shape index (κ3) is 3.96. The first-order valence-electron chi connectivity index (χ1n) is 8.00. The number of benzene rings is 2. The van der Waals surface area contributed by atoms with Gasteiger partial charge in [0, 0.05) is 12.0 Å². The van der Waals surface area contributed by atoms with Crippen LogP contribution < -0.4 is 9.47 Å². The zero-order valence-electron chi connectivity index (χ0n) is 13.3. The van der Waals surface area contributed by atoms with Crippen LogP contribution in [-0.4, -0.2) is 6.79 Å². The third-order valence-electron chi connectivity index (χ3n) is 3.70. The van der Waals surface area contributed by atoms with E-state index in [0.29, 0.717) is 6.79 Å². The summed E-state index contributed by atoms with van der Waals surface area (Å²) in [5, 5.41) is 0. The summed E-state index contributed by atoms with van der Waals surface area (Å²) in [6.45, 7) is 2.42. The quantitative estimate of drug-likeness (QED) is 0.752. The second-order valence-corrected chi connectivity index (χ2v) is 5.38. The Morgan fingerprint density at radius 3 is 2.74 bits per heavy atom. The molecule has 0 saturated heterocycles. The molecule has 0 fully saturated rings. The lowest BCUT2D eigenvalue weighted by Gasteiger charge is -2.02. The molecular weight excluding hydrogens is 284 g/mol. The topological polar surface area (TPSA) is 18.5 Å². The highest BCUT2D eigenvalue weighted by Crippen LogP contribution is 2.34. The van der Waals surface area contributed by atoms with Gasteiger partial charge in [-0.05, 0) is 42.2 Å². The molecule has 0 amide bonds. The normalized spacial score (nSPS) is 12.7. The monoisotopic (exact) mass is 304 g/mol. The highest BCUT2D eigenvalue weighted by molar-refractivity contribution is 5.80. The van der Waals surface area contributed by atoms with Crippen LogP contribution in [0, 0.1) is 11.8 Å². The lowest BCUT2D eigenvalue weighted by molar-refractivity contribution is 0.174. The first kappa shape index (κ1) is 15.2. The standard InChI is InChI=1S/C21H20O2/c1-2-8-18(12-7-6-11-17-9-4-3-5-10-17)19-13-14-20-21(15-19)23-16-22-20/h3-5,8-10,13-15H,2,6,11,16H2,1H3/b18-8+. The predicted molar refractivity (Wildman–Crippen MR) is 93.4 cm³/mol. The van der Waals surface area contributed by atoms with E-state index in [2.05, 4.69) is 49.1 Å². The van der Waals surface area contributed by atoms with E-state index in [4.69, 9.17) is 9.47 Å². The first-order chi connectivity index (χ1) is 11.4. The number of allylic oxidation sites excluding steroid dienone is 2. The highest BCUT2D eigenvalue weighted by Gasteiger charge is 2.13. The van der Waals surface area contributed by atoms with Crippen molar-refractivity contribution < 1.29 is 9.47 Å². The van der Waals surface area contributed by atoms with E-state index in [1.54, 1.807) is 0 Å². The third-order valence-corrected chi connectivity index (χ3v) is 3.70. The summed E-state index contributed by atoms with van der Waals surface area (Å²) in [6, 6.07) is 16.5. The maximum atomic E-state index is 5.45. The zero-order chi connectivity index (χ0) is 15.9. The molecule has 2 aromatic carbocycles. The van der Waals surface area contributed by atoms with Crippen LogP contribution in [0.1, 0.15) is 30.9 Å². The Morgan fingerprint density at radius 1 is 1.09 bits per heavy atom. The molecule has 1 heterocycles. The Balaban J connectivity index is 1.70. The van der Waals surface area contributed by atoms with E-state index in [-0.39, 0.29) is 0 Å². The largest absolute Gasteiger partial charge is 0.454 e. The Kier molecular flexibility index (Phi) is 5.01. The van der Waals surface area contributed by atoms with E-state index >= 15 is 0 Å². The number of hydrogen-bond acceptors (Lipinski definition) is 2. The van der Waals surface area contributed by atoms with Crippen molar-refractivity contribution in [3.63, 3.8) is 0 Å². The summed E-state index contributed by atoms with van der Waals surface area (Å²) in [6.07, 6.45) is 4.95. The van der Waals surface area contributed by atoms with Gasteiger partial charge in [0.2, 0.25) is 6.79 Å². The predicted octanol–water partition coefficient (Wildman–Crippen LogP) is 4.84. The fourth-order valence-corrected chi connectivity index (χ4v) is 2.52. The van der Waals surface area contributed by atoms with Crippen LogP contribution in [0.25, 0.3) is 5.57 Å². The average Bonchev–Trinajstić information content (AvgIpc) is 3.06. The van der Waals surface area contributed by atoms with Crippen LogP contribution in [0.2, 0.25) is 0 Å². The Bertz CT molecular complexity index is 748. The van der Waals surface area contributed by atoms with Crippen molar-refractivity contribution in [2.75, 3.05) is 6.79 Å². The van der Waals surface area contributed by atoms with Crippen LogP contribution >= 0.6 is 0 Å². The maximum Gasteiger partial charge on any atom is 0.231 e. The molecule has 0 saturated carbocycles. The zero-order valence-corrected chi connectivity index (χ0v) is 13.3. The van der Waals surface area contributed by atoms with E-state index in [0.717, 1.165) is 41.9 Å². The lowest BCUT2D eigenvalue weighted by atomic mass is 10.0. The van der Waals surface area contributed by atoms with Gasteiger partial charge in [0.15, 0.2) is 11.5 Å². The van der Waals surface area contributed by atoms with Crippen LogP contribution in [0.4, 0.5) is 0 Å². The van der Waals surface area contributed by atoms with Crippen LogP contribution in [0.5, 0.6) is 11.5 Å².